The lowest BCUT2D eigenvalue weighted by molar-refractivity contribution is -0.141. The predicted molar refractivity (Wildman–Crippen MR) is 75.6 cm³/mol. The first-order valence-electron chi connectivity index (χ1n) is 6.40. The van der Waals surface area contributed by atoms with Gasteiger partial charge in [-0.1, -0.05) is 13.0 Å². The first kappa shape index (κ1) is 15.5. The number of methoxy groups -OCH3 is 1. The molecule has 1 aromatic rings. The lowest BCUT2D eigenvalue weighted by atomic mass is 10.0. The fourth-order valence-electron chi connectivity index (χ4n) is 2.14. The average molecular weight is 265 g/mol. The molecule has 1 atom stereocenters. The van der Waals surface area contributed by atoms with Crippen molar-refractivity contribution in [3.8, 4) is 5.75 Å². The number of hydrogen-bond acceptors (Lipinski definition) is 3. The van der Waals surface area contributed by atoms with Gasteiger partial charge in [-0.15, -0.1) is 0 Å². The Balaban J connectivity index is 2.77. The van der Waals surface area contributed by atoms with Gasteiger partial charge in [0.25, 0.3) is 0 Å². The molecule has 1 unspecified atom stereocenters. The maximum Gasteiger partial charge on any atom is 0.307 e. The standard InChI is InChI=1S/C15H23NO3/c1-10-7-14(19-5)11(2)6-13(10)9-16(4)8-12(3)15(17)18/h6-7,12H,8-9H2,1-5H3,(H,17,18). The Bertz CT molecular complexity index is 457. The SMILES string of the molecule is COc1cc(C)c(CN(C)CC(C)C(=O)O)cc1C. The second kappa shape index (κ2) is 6.57. The number of ether oxygens (including phenoxy) is 1. The predicted octanol–water partition coefficient (Wildman–Crippen LogP) is 2.46. The van der Waals surface area contributed by atoms with Crippen LogP contribution in [-0.2, 0) is 11.3 Å². The van der Waals surface area contributed by atoms with Gasteiger partial charge in [0, 0.05) is 13.1 Å². The number of carboxylic acids is 1. The van der Waals surface area contributed by atoms with Gasteiger partial charge in [-0.3, -0.25) is 4.79 Å². The first-order chi connectivity index (χ1) is 8.85. The van der Waals surface area contributed by atoms with E-state index in [4.69, 9.17) is 9.84 Å². The van der Waals surface area contributed by atoms with Crippen LogP contribution in [0, 0.1) is 19.8 Å². The van der Waals surface area contributed by atoms with Crippen LogP contribution in [0.3, 0.4) is 0 Å². The Morgan fingerprint density at radius 2 is 2.00 bits per heavy atom. The summed E-state index contributed by atoms with van der Waals surface area (Å²) in [4.78, 5) is 12.9. The highest BCUT2D eigenvalue weighted by Crippen LogP contribution is 2.23. The van der Waals surface area contributed by atoms with Crippen molar-refractivity contribution in [3.63, 3.8) is 0 Å². The molecule has 19 heavy (non-hydrogen) atoms. The lowest BCUT2D eigenvalue weighted by Gasteiger charge is -2.21. The van der Waals surface area contributed by atoms with Crippen molar-refractivity contribution in [2.45, 2.75) is 27.3 Å². The Hall–Kier alpha value is -1.55. The van der Waals surface area contributed by atoms with Crippen molar-refractivity contribution < 1.29 is 14.6 Å². The summed E-state index contributed by atoms with van der Waals surface area (Å²) in [5.74, 6) is -0.220. The van der Waals surface area contributed by atoms with Crippen LogP contribution in [0.4, 0.5) is 0 Å². The van der Waals surface area contributed by atoms with E-state index in [-0.39, 0.29) is 5.92 Å². The molecule has 106 valence electrons. The topological polar surface area (TPSA) is 49.8 Å². The van der Waals surface area contributed by atoms with Crippen LogP contribution in [-0.4, -0.2) is 36.7 Å². The van der Waals surface area contributed by atoms with Crippen molar-refractivity contribution in [2.24, 2.45) is 5.92 Å². The van der Waals surface area contributed by atoms with E-state index in [2.05, 4.69) is 6.07 Å². The molecule has 1 rings (SSSR count). The Labute approximate surface area is 115 Å². The third-order valence-corrected chi connectivity index (χ3v) is 3.30. The minimum atomic E-state index is -0.755. The molecule has 0 aliphatic rings. The number of aryl methyl sites for hydroxylation is 2. The minimum Gasteiger partial charge on any atom is -0.496 e. The summed E-state index contributed by atoms with van der Waals surface area (Å²) in [5.41, 5.74) is 3.47. The van der Waals surface area contributed by atoms with Crippen molar-refractivity contribution >= 4 is 5.97 Å². The quantitative estimate of drug-likeness (QED) is 0.858. The van der Waals surface area contributed by atoms with E-state index in [0.29, 0.717) is 6.54 Å². The number of nitrogens with zero attached hydrogens (tertiary/aromatic N) is 1. The summed E-state index contributed by atoms with van der Waals surface area (Å²) in [5, 5.41) is 8.92. The highest BCUT2D eigenvalue weighted by Gasteiger charge is 2.14. The van der Waals surface area contributed by atoms with Gasteiger partial charge in [0.05, 0.1) is 13.0 Å². The summed E-state index contributed by atoms with van der Waals surface area (Å²) in [7, 11) is 3.61. The van der Waals surface area contributed by atoms with Gasteiger partial charge in [-0.25, -0.2) is 0 Å². The van der Waals surface area contributed by atoms with E-state index >= 15 is 0 Å². The second-order valence-corrected chi connectivity index (χ2v) is 5.18. The summed E-state index contributed by atoms with van der Waals surface area (Å²) >= 11 is 0. The van der Waals surface area contributed by atoms with Gasteiger partial charge < -0.3 is 14.7 Å². The normalized spacial score (nSPS) is 12.5. The van der Waals surface area contributed by atoms with Crippen molar-refractivity contribution in [2.75, 3.05) is 20.7 Å². The van der Waals surface area contributed by atoms with E-state index < -0.39 is 5.97 Å². The van der Waals surface area contributed by atoms with Crippen LogP contribution in [0.5, 0.6) is 5.75 Å². The molecule has 0 aromatic heterocycles. The molecule has 4 heteroatoms. The van der Waals surface area contributed by atoms with Crippen LogP contribution < -0.4 is 4.74 Å². The maximum atomic E-state index is 10.8. The highest BCUT2D eigenvalue weighted by molar-refractivity contribution is 5.69. The van der Waals surface area contributed by atoms with Crippen LogP contribution in [0.15, 0.2) is 12.1 Å². The summed E-state index contributed by atoms with van der Waals surface area (Å²) < 4.78 is 5.29. The molecule has 0 aliphatic carbocycles. The van der Waals surface area contributed by atoms with Gasteiger partial charge in [0.2, 0.25) is 0 Å². The third kappa shape index (κ3) is 4.24. The van der Waals surface area contributed by atoms with Gasteiger partial charge in [0.15, 0.2) is 0 Å². The molecule has 0 aliphatic heterocycles. The second-order valence-electron chi connectivity index (χ2n) is 5.18. The molecule has 0 fully saturated rings. The number of benzene rings is 1. The fourth-order valence-corrected chi connectivity index (χ4v) is 2.14. The Morgan fingerprint density at radius 1 is 1.37 bits per heavy atom. The third-order valence-electron chi connectivity index (χ3n) is 3.30. The van der Waals surface area contributed by atoms with E-state index in [1.807, 2.05) is 31.9 Å². The van der Waals surface area contributed by atoms with Crippen molar-refractivity contribution in [3.05, 3.63) is 28.8 Å². The number of aliphatic carboxylic acids is 1. The molecule has 4 nitrogen and oxygen atoms in total. The van der Waals surface area contributed by atoms with Crippen molar-refractivity contribution in [1.29, 1.82) is 0 Å². The van der Waals surface area contributed by atoms with Crippen LogP contribution in [0.2, 0.25) is 0 Å². The zero-order valence-electron chi connectivity index (χ0n) is 12.4. The van der Waals surface area contributed by atoms with Gasteiger partial charge in [-0.2, -0.15) is 0 Å². The van der Waals surface area contributed by atoms with Crippen LogP contribution in [0.25, 0.3) is 0 Å². The van der Waals surface area contributed by atoms with E-state index in [1.165, 1.54) is 5.56 Å². The largest absolute Gasteiger partial charge is 0.496 e. The first-order valence-corrected chi connectivity index (χ1v) is 6.40. The average Bonchev–Trinajstić information content (AvgIpc) is 2.33. The summed E-state index contributed by atoms with van der Waals surface area (Å²) in [6.45, 7) is 7.08. The molecule has 0 radical (unpaired) electrons. The Kier molecular flexibility index (Phi) is 5.36. The molecule has 0 amide bonds. The monoisotopic (exact) mass is 265 g/mol. The molecule has 0 spiro atoms. The number of carbonyl (C=O) groups is 1. The Morgan fingerprint density at radius 3 is 2.53 bits per heavy atom. The minimum absolute atomic E-state index is 0.357. The molecule has 1 aromatic carbocycles. The van der Waals surface area contributed by atoms with Crippen LogP contribution in [0.1, 0.15) is 23.6 Å². The zero-order chi connectivity index (χ0) is 14.6. The van der Waals surface area contributed by atoms with Crippen LogP contribution >= 0.6 is 0 Å². The van der Waals surface area contributed by atoms with Gasteiger partial charge in [-0.05, 0) is 43.7 Å². The van der Waals surface area contributed by atoms with E-state index in [9.17, 15) is 4.79 Å². The molecule has 0 bridgehead atoms. The summed E-state index contributed by atoms with van der Waals surface area (Å²) in [6.07, 6.45) is 0. The number of carboxylic acid groups (broad SMARTS) is 1. The highest BCUT2D eigenvalue weighted by atomic mass is 16.5. The maximum absolute atomic E-state index is 10.8. The molecular formula is C15H23NO3. The van der Waals surface area contributed by atoms with Gasteiger partial charge in [0.1, 0.15) is 5.75 Å². The molecule has 0 saturated heterocycles. The molecule has 0 heterocycles. The molecule has 1 N–H and O–H groups in total. The van der Waals surface area contributed by atoms with E-state index in [0.717, 1.165) is 23.4 Å². The van der Waals surface area contributed by atoms with E-state index in [1.54, 1.807) is 14.0 Å². The smallest absolute Gasteiger partial charge is 0.307 e. The number of rotatable bonds is 6. The lowest BCUT2D eigenvalue weighted by Crippen LogP contribution is -2.28. The number of hydrogen-bond donors (Lipinski definition) is 1. The van der Waals surface area contributed by atoms with Crippen molar-refractivity contribution in [1.82, 2.24) is 4.90 Å². The van der Waals surface area contributed by atoms with Gasteiger partial charge >= 0.3 is 5.97 Å². The fraction of sp³-hybridized carbons (Fsp3) is 0.533. The zero-order valence-corrected chi connectivity index (χ0v) is 12.4. The summed E-state index contributed by atoms with van der Waals surface area (Å²) in [6, 6.07) is 4.13. The molecular weight excluding hydrogens is 242 g/mol. The molecule has 0 saturated carbocycles.